The molecule has 5 nitrogen and oxygen atoms in total. The lowest BCUT2D eigenvalue weighted by Crippen LogP contribution is -2.46. The van der Waals surface area contributed by atoms with Crippen molar-refractivity contribution in [1.82, 2.24) is 5.32 Å². The van der Waals surface area contributed by atoms with Crippen molar-refractivity contribution in [2.45, 2.75) is 37.3 Å². The van der Waals surface area contributed by atoms with Crippen molar-refractivity contribution in [1.29, 1.82) is 0 Å². The van der Waals surface area contributed by atoms with E-state index in [1.54, 1.807) is 20.8 Å². The summed E-state index contributed by atoms with van der Waals surface area (Å²) in [5.74, 6) is 0.213. The first-order valence-corrected chi connectivity index (χ1v) is 8.25. The summed E-state index contributed by atoms with van der Waals surface area (Å²) in [6, 6.07) is 5.06. The molecule has 0 spiro atoms. The molecule has 0 bridgehead atoms. The number of nitrogens with one attached hydrogen (secondary N) is 2. The first-order valence-electron chi connectivity index (χ1n) is 6.47. The fourth-order valence-corrected chi connectivity index (χ4v) is 3.12. The molecule has 1 aliphatic heterocycles. The van der Waals surface area contributed by atoms with E-state index in [9.17, 15) is 9.59 Å². The van der Waals surface area contributed by atoms with Gasteiger partial charge in [-0.15, -0.1) is 11.8 Å². The first kappa shape index (κ1) is 16.2. The van der Waals surface area contributed by atoms with Crippen molar-refractivity contribution < 1.29 is 14.3 Å². The van der Waals surface area contributed by atoms with Crippen LogP contribution in [-0.2, 0) is 9.53 Å². The largest absolute Gasteiger partial charge is 0.444 e. The summed E-state index contributed by atoms with van der Waals surface area (Å²) >= 11 is 4.89. The molecule has 2 rings (SSSR count). The minimum atomic E-state index is -0.629. The van der Waals surface area contributed by atoms with Crippen LogP contribution in [0.25, 0.3) is 0 Å². The Morgan fingerprint density at radius 2 is 2.19 bits per heavy atom. The summed E-state index contributed by atoms with van der Waals surface area (Å²) in [7, 11) is 0. The molecule has 1 aliphatic rings. The monoisotopic (exact) mass is 372 g/mol. The Morgan fingerprint density at radius 3 is 2.86 bits per heavy atom. The van der Waals surface area contributed by atoms with Gasteiger partial charge in [0.05, 0.1) is 5.69 Å². The fraction of sp³-hybridized carbons (Fsp3) is 0.429. The maximum Gasteiger partial charge on any atom is 0.408 e. The van der Waals surface area contributed by atoms with Crippen LogP contribution in [0.1, 0.15) is 20.8 Å². The molecule has 1 unspecified atom stereocenters. The number of carbonyl (C=O) groups excluding carboxylic acids is 2. The summed E-state index contributed by atoms with van der Waals surface area (Å²) in [6.45, 7) is 5.34. The van der Waals surface area contributed by atoms with Gasteiger partial charge in [0.15, 0.2) is 0 Å². The molecule has 0 radical (unpaired) electrons. The molecule has 7 heteroatoms. The maximum atomic E-state index is 12.2. The second-order valence-corrected chi connectivity index (χ2v) is 7.62. The molecule has 21 heavy (non-hydrogen) atoms. The average Bonchev–Trinajstić information content (AvgIpc) is 2.47. The van der Waals surface area contributed by atoms with E-state index >= 15 is 0 Å². The third-order valence-corrected chi connectivity index (χ3v) is 4.27. The van der Waals surface area contributed by atoms with Crippen molar-refractivity contribution in [3.63, 3.8) is 0 Å². The standard InChI is InChI=1S/C14H17BrN2O3S/c1-14(2,3)20-13(19)17-10-7-21-11-5-4-8(15)6-9(11)16-12(10)18/h4-6,10H,7H2,1-3H3,(H,16,18)(H,17,19). The molecule has 0 saturated heterocycles. The van der Waals surface area contributed by atoms with Gasteiger partial charge in [0.1, 0.15) is 11.6 Å². The fourth-order valence-electron chi connectivity index (χ4n) is 1.75. The molecule has 114 valence electrons. The molecule has 1 atom stereocenters. The highest BCUT2D eigenvalue weighted by Gasteiger charge is 2.27. The quantitative estimate of drug-likeness (QED) is 0.792. The van der Waals surface area contributed by atoms with Gasteiger partial charge in [0, 0.05) is 15.1 Å². The minimum absolute atomic E-state index is 0.245. The molecule has 0 saturated carbocycles. The van der Waals surface area contributed by atoms with Gasteiger partial charge in [-0.1, -0.05) is 15.9 Å². The second kappa shape index (κ2) is 6.27. The molecule has 0 aliphatic carbocycles. The number of benzene rings is 1. The summed E-state index contributed by atoms with van der Waals surface area (Å²) in [6.07, 6.45) is -0.588. The molecule has 2 amide bonds. The summed E-state index contributed by atoms with van der Waals surface area (Å²) < 4.78 is 6.07. The zero-order valence-electron chi connectivity index (χ0n) is 12.0. The molecular weight excluding hydrogens is 356 g/mol. The van der Waals surface area contributed by atoms with Gasteiger partial charge in [-0.2, -0.15) is 0 Å². The highest BCUT2D eigenvalue weighted by Crippen LogP contribution is 2.33. The van der Waals surface area contributed by atoms with Crippen LogP contribution >= 0.6 is 27.7 Å². The van der Waals surface area contributed by atoms with Crippen LogP contribution in [0.15, 0.2) is 27.6 Å². The SMILES string of the molecule is CC(C)(C)OC(=O)NC1CSc2ccc(Br)cc2NC1=O. The third kappa shape index (κ3) is 4.64. The van der Waals surface area contributed by atoms with E-state index in [4.69, 9.17) is 4.74 Å². The lowest BCUT2D eigenvalue weighted by atomic mass is 10.2. The van der Waals surface area contributed by atoms with Crippen LogP contribution < -0.4 is 10.6 Å². The van der Waals surface area contributed by atoms with E-state index in [1.807, 2.05) is 18.2 Å². The maximum absolute atomic E-state index is 12.2. The van der Waals surface area contributed by atoms with E-state index in [0.29, 0.717) is 5.75 Å². The molecule has 1 heterocycles. The van der Waals surface area contributed by atoms with Gasteiger partial charge in [-0.3, -0.25) is 4.79 Å². The Hall–Kier alpha value is -1.21. The number of ether oxygens (including phenoxy) is 1. The second-order valence-electron chi connectivity index (χ2n) is 5.64. The van der Waals surface area contributed by atoms with E-state index in [2.05, 4.69) is 26.6 Å². The van der Waals surface area contributed by atoms with Crippen molar-refractivity contribution in [3.8, 4) is 0 Å². The van der Waals surface area contributed by atoms with Gasteiger partial charge in [-0.05, 0) is 39.0 Å². The van der Waals surface area contributed by atoms with Gasteiger partial charge in [0.2, 0.25) is 5.91 Å². The summed E-state index contributed by atoms with van der Waals surface area (Å²) in [4.78, 5) is 24.9. The average molecular weight is 373 g/mol. The number of alkyl carbamates (subject to hydrolysis) is 1. The smallest absolute Gasteiger partial charge is 0.408 e. The predicted octanol–water partition coefficient (Wildman–Crippen LogP) is 3.39. The Morgan fingerprint density at radius 1 is 1.48 bits per heavy atom. The molecule has 0 fully saturated rings. The van der Waals surface area contributed by atoms with Crippen LogP contribution in [0.4, 0.5) is 10.5 Å². The van der Waals surface area contributed by atoms with Crippen LogP contribution in [0.3, 0.4) is 0 Å². The van der Waals surface area contributed by atoms with Crippen LogP contribution in [0.2, 0.25) is 0 Å². The lowest BCUT2D eigenvalue weighted by molar-refractivity contribution is -0.117. The van der Waals surface area contributed by atoms with E-state index < -0.39 is 17.7 Å². The van der Waals surface area contributed by atoms with Crippen LogP contribution in [0, 0.1) is 0 Å². The predicted molar refractivity (Wildman–Crippen MR) is 86.7 cm³/mol. The van der Waals surface area contributed by atoms with Gasteiger partial charge < -0.3 is 15.4 Å². The van der Waals surface area contributed by atoms with Crippen molar-refractivity contribution in [2.75, 3.05) is 11.1 Å². The van der Waals surface area contributed by atoms with Crippen LogP contribution in [0.5, 0.6) is 0 Å². The zero-order chi connectivity index (χ0) is 15.6. The van der Waals surface area contributed by atoms with Gasteiger partial charge in [-0.25, -0.2) is 4.79 Å². The first-order chi connectivity index (χ1) is 9.74. The Balaban J connectivity index is 2.05. The number of amides is 2. The minimum Gasteiger partial charge on any atom is -0.444 e. The van der Waals surface area contributed by atoms with E-state index in [1.165, 1.54) is 11.8 Å². The summed E-state index contributed by atoms with van der Waals surface area (Å²) in [5, 5.41) is 5.43. The topological polar surface area (TPSA) is 67.4 Å². The number of rotatable bonds is 1. The number of hydrogen-bond acceptors (Lipinski definition) is 4. The van der Waals surface area contributed by atoms with Crippen molar-refractivity contribution >= 4 is 45.4 Å². The Labute approximate surface area is 136 Å². The molecule has 1 aromatic carbocycles. The number of thioether (sulfide) groups is 1. The molecule has 1 aromatic rings. The molecule has 0 aromatic heterocycles. The van der Waals surface area contributed by atoms with E-state index in [0.717, 1.165) is 15.1 Å². The Bertz CT molecular complexity index is 572. The normalized spacial score (nSPS) is 18.3. The number of carbonyl (C=O) groups is 2. The Kier molecular flexibility index (Phi) is 4.83. The number of anilines is 1. The molecular formula is C14H17BrN2O3S. The zero-order valence-corrected chi connectivity index (χ0v) is 14.4. The summed E-state index contributed by atoms with van der Waals surface area (Å²) in [5.41, 5.74) is 0.152. The van der Waals surface area contributed by atoms with Gasteiger partial charge >= 0.3 is 6.09 Å². The number of hydrogen-bond donors (Lipinski definition) is 2. The number of halogens is 1. The lowest BCUT2D eigenvalue weighted by Gasteiger charge is -2.22. The van der Waals surface area contributed by atoms with Crippen molar-refractivity contribution in [2.24, 2.45) is 0 Å². The molecule has 2 N–H and O–H groups in total. The van der Waals surface area contributed by atoms with Gasteiger partial charge in [0.25, 0.3) is 0 Å². The number of fused-ring (bicyclic) bond motifs is 1. The van der Waals surface area contributed by atoms with E-state index in [-0.39, 0.29) is 5.91 Å². The highest BCUT2D eigenvalue weighted by atomic mass is 79.9. The van der Waals surface area contributed by atoms with Crippen LogP contribution in [-0.4, -0.2) is 29.4 Å². The van der Waals surface area contributed by atoms with Crippen molar-refractivity contribution in [3.05, 3.63) is 22.7 Å². The third-order valence-electron chi connectivity index (χ3n) is 2.61. The highest BCUT2D eigenvalue weighted by molar-refractivity contribution is 9.10.